The van der Waals surface area contributed by atoms with E-state index in [1.54, 1.807) is 0 Å². The zero-order valence-corrected chi connectivity index (χ0v) is 24.0. The van der Waals surface area contributed by atoms with Gasteiger partial charge in [-0.25, -0.2) is 0 Å². The van der Waals surface area contributed by atoms with Crippen molar-refractivity contribution in [2.75, 3.05) is 0 Å². The minimum absolute atomic E-state index is 0. The minimum Gasteiger partial charge on any atom is -0.848 e. The number of carbonyl (C=O) groups excluding carboxylic acids is 4. The number of carboxylic acids is 4. The normalized spacial score (nSPS) is 12.6. The quantitative estimate of drug-likeness (QED) is 0.247. The van der Waals surface area contributed by atoms with Gasteiger partial charge in [0, 0.05) is 23.9 Å². The molecule has 13 nitrogen and oxygen atoms in total. The van der Waals surface area contributed by atoms with Crippen molar-refractivity contribution in [2.24, 2.45) is 0 Å². The molecule has 0 amide bonds. The zero-order chi connectivity index (χ0) is 16.6. The Morgan fingerprint density at radius 3 is 0.600 bits per heavy atom. The number of rotatable bonds is 6. The van der Waals surface area contributed by atoms with Crippen LogP contribution in [0.5, 0.6) is 0 Å². The largest absolute Gasteiger partial charge is 3.00 e. The van der Waals surface area contributed by atoms with Crippen LogP contribution >= 0.6 is 0 Å². The van der Waals surface area contributed by atoms with Gasteiger partial charge in [-0.2, -0.15) is 0 Å². The molecule has 0 aliphatic rings. The Hall–Kier alpha value is 2.59. The molecule has 0 aliphatic carbocycles. The summed E-state index contributed by atoms with van der Waals surface area (Å²) < 4.78 is 0. The van der Waals surface area contributed by atoms with Crippen LogP contribution in [0.2, 0.25) is 0 Å². The van der Waals surface area contributed by atoms with Crippen molar-refractivity contribution in [2.45, 2.75) is 24.4 Å². The maximum Gasteiger partial charge on any atom is 3.00 e. The Balaban J connectivity index is -0.0000000432. The summed E-state index contributed by atoms with van der Waals surface area (Å²) in [6.45, 7) is 0. The van der Waals surface area contributed by atoms with Gasteiger partial charge in [-0.1, -0.05) is 24.4 Å². The fraction of sp³-hybridized carbons (Fsp3) is 0.500. The molecule has 25 heavy (non-hydrogen) atoms. The molecule has 0 saturated carbocycles. The van der Waals surface area contributed by atoms with E-state index in [1.807, 2.05) is 0 Å². The summed E-state index contributed by atoms with van der Waals surface area (Å²) in [5.74, 6) is -8.93. The number of carbonyl (C=O) groups is 4. The molecule has 0 aliphatic heterocycles. The summed E-state index contributed by atoms with van der Waals surface area (Å²) in [7, 11) is 0. The smallest absolute Gasteiger partial charge is 0.848 e. The minimum atomic E-state index is -2.80. The van der Waals surface area contributed by atoms with Crippen molar-refractivity contribution in [3.8, 4) is 0 Å². The molecule has 128 valence electrons. The van der Waals surface area contributed by atoms with Crippen molar-refractivity contribution >= 4 is 72.7 Å². The summed E-state index contributed by atoms with van der Waals surface area (Å²) in [4.78, 5) is 38.1. The molecule has 0 aromatic heterocycles. The summed E-state index contributed by atoms with van der Waals surface area (Å²) >= 11 is 0. The van der Waals surface area contributed by atoms with Gasteiger partial charge >= 0.3 is 152 Å². The van der Waals surface area contributed by atoms with E-state index >= 15 is 0 Å². The van der Waals surface area contributed by atoms with E-state index in [4.69, 9.17) is 0 Å². The molecule has 0 rings (SSSR count). The van der Waals surface area contributed by atoms with E-state index in [2.05, 4.69) is 0 Å². The molecule has 0 heterocycles. The van der Waals surface area contributed by atoms with E-state index < -0.39 is 48.3 Å². The molecule has 2 N–H and O–H groups in total. The molecular formula is C8H6K2O13Sb2. The van der Waals surface area contributed by atoms with Crippen LogP contribution in [0.15, 0.2) is 0 Å². The third-order valence-corrected chi connectivity index (χ3v) is 1.48. The van der Waals surface area contributed by atoms with E-state index in [1.165, 1.54) is 0 Å². The number of carboxylic acid groups (broad SMARTS) is 4. The van der Waals surface area contributed by atoms with Gasteiger partial charge in [0.1, 0.15) is 0 Å². The Kier molecular flexibility index (Phi) is 45.3. The van der Waals surface area contributed by atoms with E-state index in [0.29, 0.717) is 0 Å². The fourth-order valence-corrected chi connectivity index (χ4v) is 0.494. The molecule has 0 unspecified atom stereocenters. The van der Waals surface area contributed by atoms with Gasteiger partial charge in [-0.05, 0) is 0 Å². The van der Waals surface area contributed by atoms with Crippen molar-refractivity contribution < 1.29 is 168 Å². The second-order valence-corrected chi connectivity index (χ2v) is 2.96. The SMILES string of the molecule is O.O=C([O-])[C@H]([O-])[C@@H]([O-])C(=O)[O-].O=C([O-])[C@H]([O-])[C@@H]([O-])C(=O)[O-].[K+].[K+].[Sb+3].[Sb+3]. The van der Waals surface area contributed by atoms with Gasteiger partial charge in [0.2, 0.25) is 0 Å². The number of aliphatic carboxylic acids is 4. The van der Waals surface area contributed by atoms with Gasteiger partial charge in [0.25, 0.3) is 0 Å². The van der Waals surface area contributed by atoms with Crippen LogP contribution in [0.4, 0.5) is 0 Å². The molecule has 0 saturated heterocycles. The Morgan fingerprint density at radius 2 is 0.560 bits per heavy atom. The first-order valence-electron chi connectivity index (χ1n) is 4.40. The van der Waals surface area contributed by atoms with Gasteiger partial charge in [-0.15, -0.1) is 0 Å². The monoisotopic (exact) mass is 630 g/mol. The molecule has 0 aromatic carbocycles. The zero-order valence-electron chi connectivity index (χ0n) is 12.6. The van der Waals surface area contributed by atoms with Crippen molar-refractivity contribution in [3.05, 3.63) is 0 Å². The second-order valence-electron chi connectivity index (χ2n) is 2.96. The Labute approximate surface area is 260 Å². The van der Waals surface area contributed by atoms with Crippen molar-refractivity contribution in [1.29, 1.82) is 0 Å². The topological polar surface area (TPSA) is 284 Å². The van der Waals surface area contributed by atoms with Crippen LogP contribution < -0.4 is 144 Å². The van der Waals surface area contributed by atoms with Crippen molar-refractivity contribution in [1.82, 2.24) is 0 Å². The van der Waals surface area contributed by atoms with Crippen LogP contribution in [0.3, 0.4) is 0 Å². The predicted molar refractivity (Wildman–Crippen MR) is 50.3 cm³/mol. The van der Waals surface area contributed by atoms with Crippen LogP contribution in [0.1, 0.15) is 0 Å². The molecule has 0 aromatic rings. The van der Waals surface area contributed by atoms with Gasteiger partial charge in [0.15, 0.2) is 0 Å². The van der Waals surface area contributed by atoms with Crippen LogP contribution in [0, 0.1) is 0 Å². The molecule has 4 radical (unpaired) electrons. The molecule has 17 heteroatoms. The van der Waals surface area contributed by atoms with Crippen LogP contribution in [-0.4, -0.2) is 103 Å². The summed E-state index contributed by atoms with van der Waals surface area (Å²) in [5, 5.41) is 78.0. The van der Waals surface area contributed by atoms with Crippen LogP contribution in [0.25, 0.3) is 0 Å². The van der Waals surface area contributed by atoms with Crippen LogP contribution in [-0.2, 0) is 19.2 Å². The van der Waals surface area contributed by atoms with E-state index in [9.17, 15) is 60.0 Å². The number of hydrogen-bond donors (Lipinski definition) is 0. The van der Waals surface area contributed by atoms with Gasteiger partial charge in [0.05, 0.1) is 0 Å². The first-order valence-corrected chi connectivity index (χ1v) is 4.40. The number of hydrogen-bond acceptors (Lipinski definition) is 12. The molecule has 0 spiro atoms. The predicted octanol–water partition coefficient (Wildman–Crippen LogP) is -19.7. The average Bonchev–Trinajstić information content (AvgIpc) is 2.35. The van der Waals surface area contributed by atoms with Crippen molar-refractivity contribution in [3.63, 3.8) is 0 Å². The summed E-state index contributed by atoms with van der Waals surface area (Å²) in [6.07, 6.45) is -11.2. The Bertz CT molecular complexity index is 324. The van der Waals surface area contributed by atoms with Gasteiger partial charge in [-0.3, -0.25) is 0 Å². The molecular weight excluding hydrogens is 626 g/mol. The third-order valence-electron chi connectivity index (χ3n) is 1.48. The van der Waals surface area contributed by atoms with E-state index in [-0.39, 0.29) is 157 Å². The van der Waals surface area contributed by atoms with E-state index in [0.717, 1.165) is 0 Å². The van der Waals surface area contributed by atoms with Gasteiger partial charge < -0.3 is 65.5 Å². The second kappa shape index (κ2) is 24.6. The first-order chi connectivity index (χ1) is 8.93. The third kappa shape index (κ3) is 22.7. The molecule has 0 fully saturated rings. The Morgan fingerprint density at radius 1 is 0.480 bits per heavy atom. The maximum absolute atomic E-state index is 9.97. The standard InChI is InChI=1S/2C4H4O6.2K.H2O.2Sb/c2*5-1(3(7)8)2(6)4(9)10;;;;;/h2*1-2H,(H,7,8)(H,9,10);;;1H2;;/q2*-2;2*+1;;2*+3/p-4/t2*1-,2-;;;;;/m11...../s1. The molecule has 0 bridgehead atoms. The first kappa shape index (κ1) is 46.0. The maximum atomic E-state index is 9.97. The fourth-order valence-electron chi connectivity index (χ4n) is 0.494. The summed E-state index contributed by atoms with van der Waals surface area (Å²) in [6, 6.07) is 0. The summed E-state index contributed by atoms with van der Waals surface area (Å²) in [5.41, 5.74) is 0. The molecule has 4 atom stereocenters. The average molecular weight is 632 g/mol.